The average molecular weight is 555 g/mol. The summed E-state index contributed by atoms with van der Waals surface area (Å²) < 4.78 is 8.07. The number of aromatic nitrogens is 6. The molecule has 1 fully saturated rings. The van der Waals surface area contributed by atoms with E-state index in [4.69, 9.17) is 9.40 Å². The van der Waals surface area contributed by atoms with Gasteiger partial charge in [-0.25, -0.2) is 9.67 Å². The Morgan fingerprint density at radius 1 is 1.33 bits per heavy atom. The molecule has 188 valence electrons. The number of hydrogen-bond donors (Lipinski definition) is 3. The van der Waals surface area contributed by atoms with E-state index >= 15 is 0 Å². The Hall–Kier alpha value is -3.38. The lowest BCUT2D eigenvalue weighted by Crippen LogP contribution is -2.35. The van der Waals surface area contributed by atoms with Crippen LogP contribution in [0.4, 0.5) is 5.95 Å². The van der Waals surface area contributed by atoms with Crippen LogP contribution in [0.5, 0.6) is 0 Å². The first-order chi connectivity index (χ1) is 17.3. The molecule has 4 aromatic rings. The summed E-state index contributed by atoms with van der Waals surface area (Å²) in [5, 5.41) is 29.0. The molecule has 36 heavy (non-hydrogen) atoms. The van der Waals surface area contributed by atoms with Gasteiger partial charge in [0.05, 0.1) is 23.6 Å². The number of aliphatic hydroxyl groups excluding tert-OH is 1. The monoisotopic (exact) mass is 554 g/mol. The zero-order valence-electron chi connectivity index (χ0n) is 20.2. The molecular formula is C24H27BrN8O3. The van der Waals surface area contributed by atoms with E-state index in [1.165, 1.54) is 0 Å². The van der Waals surface area contributed by atoms with Gasteiger partial charge in [-0.2, -0.15) is 10.1 Å². The number of halogens is 1. The molecule has 1 amide bonds. The minimum atomic E-state index is -0.391. The molecule has 1 unspecified atom stereocenters. The van der Waals surface area contributed by atoms with Crippen LogP contribution in [0.1, 0.15) is 44.9 Å². The Morgan fingerprint density at radius 3 is 2.83 bits per heavy atom. The molecular weight excluding hydrogens is 528 g/mol. The lowest BCUT2D eigenvalue weighted by Gasteiger charge is -2.22. The summed E-state index contributed by atoms with van der Waals surface area (Å²) in [7, 11) is 1.67. The van der Waals surface area contributed by atoms with Crippen molar-refractivity contribution in [3.8, 4) is 17.1 Å². The minimum Gasteiger partial charge on any atom is -0.420 e. The highest BCUT2D eigenvalue weighted by Crippen LogP contribution is 2.39. The normalized spacial score (nSPS) is 20.5. The Balaban J connectivity index is 1.39. The highest BCUT2D eigenvalue weighted by molar-refractivity contribution is 9.10. The van der Waals surface area contributed by atoms with E-state index in [2.05, 4.69) is 46.8 Å². The van der Waals surface area contributed by atoms with E-state index in [0.717, 1.165) is 29.5 Å². The Kier molecular flexibility index (Phi) is 6.47. The number of nitrogens with zero attached hydrogens (tertiary/aromatic N) is 6. The summed E-state index contributed by atoms with van der Waals surface area (Å²) in [6.45, 7) is 3.75. The van der Waals surface area contributed by atoms with Crippen molar-refractivity contribution in [2.24, 2.45) is 5.41 Å². The highest BCUT2D eigenvalue weighted by Gasteiger charge is 2.41. The third-order valence-electron chi connectivity index (χ3n) is 6.72. The summed E-state index contributed by atoms with van der Waals surface area (Å²) in [6.07, 6.45) is 4.13. The van der Waals surface area contributed by atoms with Crippen molar-refractivity contribution in [1.82, 2.24) is 35.3 Å². The fraction of sp³-hybridized carbons (Fsp3) is 0.417. The van der Waals surface area contributed by atoms with Gasteiger partial charge in [-0.15, -0.1) is 10.2 Å². The molecule has 3 atom stereocenters. The maximum Gasteiger partial charge on any atom is 0.247 e. The Bertz CT molecular complexity index is 1400. The van der Waals surface area contributed by atoms with E-state index in [1.54, 1.807) is 17.9 Å². The van der Waals surface area contributed by atoms with Crippen LogP contribution in [0.25, 0.3) is 28.2 Å². The molecule has 0 spiro atoms. The number of carbonyl (C=O) groups excluding carboxylic acids is 1. The standard InChI is InChI=1S/C24H27BrN8O3/c1-13(12-34)20-30-31-21(36-20)14-4-6-16(7-5-14)33-19-17(18(25)32-33)11-27-23(29-19)28-15-8-9-24(2,10-15)22(35)26-3/h4-7,11,13,15,34H,8-10,12H2,1-3H3,(H,26,35)(H,27,28,29)/t13?,15-,24-/m1/s1. The molecule has 0 aliphatic heterocycles. The summed E-state index contributed by atoms with van der Waals surface area (Å²) in [5.74, 6) is 1.12. The number of nitrogens with one attached hydrogen (secondary N) is 2. The molecule has 1 aromatic carbocycles. The van der Waals surface area contributed by atoms with Crippen LogP contribution in [-0.4, -0.2) is 60.7 Å². The van der Waals surface area contributed by atoms with Crippen LogP contribution in [-0.2, 0) is 4.79 Å². The molecule has 3 N–H and O–H groups in total. The molecule has 3 aromatic heterocycles. The van der Waals surface area contributed by atoms with Gasteiger partial charge in [0, 0.05) is 30.3 Å². The molecule has 1 aliphatic rings. The SMILES string of the molecule is CNC(=O)[C@]1(C)CC[C@@H](Nc2ncc3c(Br)nn(-c4ccc(-c5nnc(C(C)CO)o5)cc4)c3n2)C1. The van der Waals surface area contributed by atoms with E-state index < -0.39 is 5.41 Å². The largest absolute Gasteiger partial charge is 0.420 e. The molecule has 12 heteroatoms. The number of carbonyl (C=O) groups is 1. The van der Waals surface area contributed by atoms with Crippen LogP contribution < -0.4 is 10.6 Å². The summed E-state index contributed by atoms with van der Waals surface area (Å²) in [6, 6.07) is 7.65. The van der Waals surface area contributed by atoms with Gasteiger partial charge in [0.15, 0.2) is 5.65 Å². The van der Waals surface area contributed by atoms with E-state index in [9.17, 15) is 9.90 Å². The zero-order chi connectivity index (χ0) is 25.4. The maximum absolute atomic E-state index is 12.3. The quantitative estimate of drug-likeness (QED) is 0.312. The predicted molar refractivity (Wildman–Crippen MR) is 137 cm³/mol. The van der Waals surface area contributed by atoms with Crippen molar-refractivity contribution >= 4 is 38.8 Å². The molecule has 3 heterocycles. The first-order valence-corrected chi connectivity index (χ1v) is 12.6. The Labute approximate surface area is 215 Å². The van der Waals surface area contributed by atoms with Crippen LogP contribution in [0.2, 0.25) is 0 Å². The van der Waals surface area contributed by atoms with Crippen molar-refractivity contribution in [3.63, 3.8) is 0 Å². The third kappa shape index (κ3) is 4.46. The number of rotatable bonds is 7. The maximum atomic E-state index is 12.3. The van der Waals surface area contributed by atoms with E-state index in [0.29, 0.717) is 34.4 Å². The summed E-state index contributed by atoms with van der Waals surface area (Å²) >= 11 is 3.51. The van der Waals surface area contributed by atoms with Gasteiger partial charge in [-0.1, -0.05) is 13.8 Å². The number of anilines is 1. The van der Waals surface area contributed by atoms with Gasteiger partial charge >= 0.3 is 0 Å². The van der Waals surface area contributed by atoms with Gasteiger partial charge in [0.25, 0.3) is 0 Å². The number of hydrogen-bond acceptors (Lipinski definition) is 9. The van der Waals surface area contributed by atoms with Crippen LogP contribution in [0, 0.1) is 5.41 Å². The number of benzene rings is 1. The van der Waals surface area contributed by atoms with E-state index in [1.807, 2.05) is 38.1 Å². The van der Waals surface area contributed by atoms with Gasteiger partial charge < -0.3 is 20.2 Å². The second-order valence-electron chi connectivity index (χ2n) is 9.43. The fourth-order valence-electron chi connectivity index (χ4n) is 4.55. The zero-order valence-corrected chi connectivity index (χ0v) is 21.8. The van der Waals surface area contributed by atoms with Gasteiger partial charge in [0.1, 0.15) is 4.60 Å². The molecule has 11 nitrogen and oxygen atoms in total. The van der Waals surface area contributed by atoms with Gasteiger partial charge in [-0.3, -0.25) is 4.79 Å². The summed E-state index contributed by atoms with van der Waals surface area (Å²) in [5.41, 5.74) is 1.82. The smallest absolute Gasteiger partial charge is 0.247 e. The number of amides is 1. The summed E-state index contributed by atoms with van der Waals surface area (Å²) in [4.78, 5) is 21.5. The third-order valence-corrected chi connectivity index (χ3v) is 7.31. The lowest BCUT2D eigenvalue weighted by molar-refractivity contribution is -0.129. The molecule has 5 rings (SSSR count). The first kappa shape index (κ1) is 24.3. The van der Waals surface area contributed by atoms with Crippen molar-refractivity contribution in [3.05, 3.63) is 41.0 Å². The highest BCUT2D eigenvalue weighted by atomic mass is 79.9. The minimum absolute atomic E-state index is 0.0609. The van der Waals surface area contributed by atoms with Crippen molar-refractivity contribution in [2.45, 2.75) is 45.1 Å². The topological polar surface area (TPSA) is 144 Å². The predicted octanol–water partition coefficient (Wildman–Crippen LogP) is 3.44. The van der Waals surface area contributed by atoms with E-state index in [-0.39, 0.29) is 24.5 Å². The molecule has 1 aliphatic carbocycles. The molecule has 1 saturated carbocycles. The Morgan fingerprint density at radius 2 is 2.11 bits per heavy atom. The van der Waals surface area contributed by atoms with Crippen molar-refractivity contribution < 1.29 is 14.3 Å². The molecule has 0 radical (unpaired) electrons. The van der Waals surface area contributed by atoms with Crippen LogP contribution >= 0.6 is 15.9 Å². The average Bonchev–Trinajstić information content (AvgIpc) is 3.61. The fourth-order valence-corrected chi connectivity index (χ4v) is 4.98. The second-order valence-corrected chi connectivity index (χ2v) is 10.2. The number of fused-ring (bicyclic) bond motifs is 1. The molecule has 0 bridgehead atoms. The number of aliphatic hydroxyl groups is 1. The van der Waals surface area contributed by atoms with Gasteiger partial charge in [0.2, 0.25) is 23.6 Å². The van der Waals surface area contributed by atoms with Crippen molar-refractivity contribution in [1.29, 1.82) is 0 Å². The van der Waals surface area contributed by atoms with Crippen LogP contribution in [0.3, 0.4) is 0 Å². The second kappa shape index (κ2) is 9.58. The van der Waals surface area contributed by atoms with Crippen molar-refractivity contribution in [2.75, 3.05) is 19.0 Å². The van der Waals surface area contributed by atoms with Crippen LogP contribution in [0.15, 0.2) is 39.5 Å². The van der Waals surface area contributed by atoms with Gasteiger partial charge in [-0.05, 0) is 59.5 Å². The lowest BCUT2D eigenvalue weighted by atomic mass is 9.87. The molecule has 0 saturated heterocycles. The first-order valence-electron chi connectivity index (χ1n) is 11.8.